The van der Waals surface area contributed by atoms with Crippen LogP contribution >= 0.6 is 0 Å². The minimum absolute atomic E-state index is 0.00889. The van der Waals surface area contributed by atoms with Gasteiger partial charge < -0.3 is 45.2 Å². The molecule has 5 aliphatic carbocycles. The average Bonchev–Trinajstić information content (AvgIpc) is 3.64. The first-order valence-corrected chi connectivity index (χ1v) is 18.0. The van der Waals surface area contributed by atoms with Crippen LogP contribution in [0.15, 0.2) is 0 Å². The number of hydrogen-bond donors (Lipinski definition) is 7. The van der Waals surface area contributed by atoms with E-state index in [1.165, 1.54) is 0 Å². The third kappa shape index (κ3) is 4.66. The number of rotatable bonds is 8. The molecule has 0 aromatic heterocycles. The summed E-state index contributed by atoms with van der Waals surface area (Å²) in [6.07, 6.45) is -4.55. The van der Waals surface area contributed by atoms with Crippen LogP contribution in [0.4, 0.5) is 0 Å². The monoisotopic (exact) mass is 666 g/mol. The highest BCUT2D eigenvalue weighted by molar-refractivity contribution is 5.80. The van der Waals surface area contributed by atoms with Gasteiger partial charge in [0.2, 0.25) is 6.29 Å². The van der Waals surface area contributed by atoms with Crippen LogP contribution in [0.2, 0.25) is 0 Å². The van der Waals surface area contributed by atoms with Crippen LogP contribution in [0, 0.1) is 56.7 Å². The molecule has 0 amide bonds. The topological polar surface area (TPSA) is 194 Å². The van der Waals surface area contributed by atoms with Gasteiger partial charge in [-0.05, 0) is 91.8 Å². The van der Waals surface area contributed by atoms with E-state index in [9.17, 15) is 45.3 Å². The summed E-state index contributed by atoms with van der Waals surface area (Å²) in [4.78, 5) is 26.6. The van der Waals surface area contributed by atoms with Crippen molar-refractivity contribution < 1.29 is 54.8 Å². The van der Waals surface area contributed by atoms with Crippen molar-refractivity contribution >= 4 is 11.8 Å². The Labute approximate surface area is 278 Å². The van der Waals surface area contributed by atoms with Crippen molar-refractivity contribution in [2.75, 3.05) is 6.61 Å². The van der Waals surface area contributed by atoms with Gasteiger partial charge in [0, 0.05) is 24.2 Å². The first-order chi connectivity index (χ1) is 21.9. The van der Waals surface area contributed by atoms with E-state index in [4.69, 9.17) is 9.47 Å². The summed E-state index contributed by atoms with van der Waals surface area (Å²) in [6, 6.07) is 0. The second kappa shape index (κ2) is 11.7. The van der Waals surface area contributed by atoms with Gasteiger partial charge in [0.15, 0.2) is 0 Å². The summed E-state index contributed by atoms with van der Waals surface area (Å²) in [6.45, 7) is 11.6. The van der Waals surface area contributed by atoms with Crippen molar-refractivity contribution in [2.24, 2.45) is 56.7 Å². The number of hydrogen-bond acceptors (Lipinski definition) is 11. The van der Waals surface area contributed by atoms with Crippen molar-refractivity contribution in [1.29, 1.82) is 0 Å². The Hall–Kier alpha value is -1.18. The SMILES string of the molecule is CC(C)C(=O)CC(O)C(C)C1CCC2(C)C3CCC4C(C)(C(=O)OC5OC(CO)C(O)C(O)C5O)C(O)CC(O)C45CC35CCC12C. The smallest absolute Gasteiger partial charge is 0.317 e. The number of aliphatic hydroxyl groups is 7. The Morgan fingerprint density at radius 1 is 0.851 bits per heavy atom. The first-order valence-electron chi connectivity index (χ1n) is 18.0. The van der Waals surface area contributed by atoms with Gasteiger partial charge in [-0.25, -0.2) is 0 Å². The molecule has 11 nitrogen and oxygen atoms in total. The second-order valence-corrected chi connectivity index (χ2v) is 17.4. The highest BCUT2D eigenvalue weighted by Gasteiger charge is 2.86. The van der Waals surface area contributed by atoms with Gasteiger partial charge in [0.1, 0.15) is 30.2 Å². The fraction of sp³-hybridized carbons (Fsp3) is 0.944. The number of Topliss-reactive ketones (excluding diaryl/α,β-unsaturated/α-hetero) is 1. The van der Waals surface area contributed by atoms with Crippen molar-refractivity contribution in [1.82, 2.24) is 0 Å². The largest absolute Gasteiger partial charge is 0.432 e. The van der Waals surface area contributed by atoms with Gasteiger partial charge in [-0.1, -0.05) is 34.6 Å². The predicted molar refractivity (Wildman–Crippen MR) is 168 cm³/mol. The van der Waals surface area contributed by atoms with E-state index in [0.717, 1.165) is 38.5 Å². The third-order valence-corrected chi connectivity index (χ3v) is 15.7. The molecule has 0 bridgehead atoms. The van der Waals surface area contributed by atoms with Crippen LogP contribution < -0.4 is 0 Å². The Kier molecular flexibility index (Phi) is 8.86. The zero-order chi connectivity index (χ0) is 34.6. The molecule has 1 aliphatic heterocycles. The lowest BCUT2D eigenvalue weighted by Gasteiger charge is -2.64. The highest BCUT2D eigenvalue weighted by Crippen LogP contribution is 2.89. The zero-order valence-electron chi connectivity index (χ0n) is 28.8. The lowest BCUT2D eigenvalue weighted by Crippen LogP contribution is -2.65. The quantitative estimate of drug-likeness (QED) is 0.186. The molecule has 1 saturated heterocycles. The lowest BCUT2D eigenvalue weighted by atomic mass is 9.41. The van der Waals surface area contributed by atoms with Gasteiger partial charge in [-0.15, -0.1) is 0 Å². The maximum Gasteiger partial charge on any atom is 0.317 e. The Bertz CT molecular complexity index is 1240. The maximum absolute atomic E-state index is 14.1. The van der Waals surface area contributed by atoms with Crippen LogP contribution in [0.5, 0.6) is 0 Å². The molecule has 5 saturated carbocycles. The van der Waals surface area contributed by atoms with Crippen LogP contribution in [0.25, 0.3) is 0 Å². The summed E-state index contributed by atoms with van der Waals surface area (Å²) in [5.41, 5.74) is -2.35. The molecule has 6 fully saturated rings. The van der Waals surface area contributed by atoms with Gasteiger partial charge in [0.25, 0.3) is 0 Å². The Morgan fingerprint density at radius 2 is 1.51 bits per heavy atom. The summed E-state index contributed by atoms with van der Waals surface area (Å²) < 4.78 is 11.2. The predicted octanol–water partition coefficient (Wildman–Crippen LogP) is 1.69. The normalized spacial score (nSPS) is 53.2. The number of esters is 1. The minimum atomic E-state index is -1.75. The minimum Gasteiger partial charge on any atom is -0.432 e. The van der Waals surface area contributed by atoms with E-state index in [1.54, 1.807) is 6.92 Å². The summed E-state index contributed by atoms with van der Waals surface area (Å²) in [5, 5.41) is 75.1. The van der Waals surface area contributed by atoms with Crippen LogP contribution in [-0.4, -0.2) is 103 Å². The number of carbonyl (C=O) groups excluding carboxylic acids is 2. The van der Waals surface area contributed by atoms with Crippen molar-refractivity contribution in [3.8, 4) is 0 Å². The highest BCUT2D eigenvalue weighted by atomic mass is 16.7. The summed E-state index contributed by atoms with van der Waals surface area (Å²) in [5.74, 6) is -0.710. The standard InChI is InChI=1S/C36H58O11/c1-17(2)20(38)13-21(39)18(3)19-9-10-33(5)23-7-8-24-34(6,31(45)47-30-29(44)28(43)27(42)22(15-37)46-30)25(40)14-26(41)36(24)16-35(23,36)12-11-32(19,33)4/h17-19,21-30,37,39-44H,7-16H2,1-6H3. The van der Waals surface area contributed by atoms with E-state index in [0.29, 0.717) is 6.42 Å². The van der Waals surface area contributed by atoms with Crippen molar-refractivity contribution in [3.05, 3.63) is 0 Å². The molecule has 0 aromatic carbocycles. The van der Waals surface area contributed by atoms with Crippen LogP contribution in [-0.2, 0) is 19.1 Å². The first kappa shape index (κ1) is 35.6. The Morgan fingerprint density at radius 3 is 2.15 bits per heavy atom. The average molecular weight is 667 g/mol. The molecular weight excluding hydrogens is 608 g/mol. The molecule has 17 atom stereocenters. The fourth-order valence-electron chi connectivity index (χ4n) is 12.5. The van der Waals surface area contributed by atoms with Gasteiger partial charge >= 0.3 is 5.97 Å². The summed E-state index contributed by atoms with van der Waals surface area (Å²) >= 11 is 0. The molecule has 6 aliphatic rings. The molecule has 0 aromatic rings. The molecule has 17 unspecified atom stereocenters. The molecule has 1 heterocycles. The molecular formula is C36H58O11. The number of carbonyl (C=O) groups is 2. The van der Waals surface area contributed by atoms with Gasteiger partial charge in [0.05, 0.1) is 30.3 Å². The molecule has 268 valence electrons. The third-order valence-electron chi connectivity index (χ3n) is 15.7. The maximum atomic E-state index is 14.1. The van der Waals surface area contributed by atoms with E-state index < -0.39 is 78.3 Å². The fourth-order valence-corrected chi connectivity index (χ4v) is 12.5. The molecule has 11 heteroatoms. The lowest BCUT2D eigenvalue weighted by molar-refractivity contribution is -0.300. The van der Waals surface area contributed by atoms with Gasteiger partial charge in [-0.2, -0.15) is 0 Å². The van der Waals surface area contributed by atoms with Gasteiger partial charge in [-0.3, -0.25) is 9.59 Å². The molecule has 47 heavy (non-hydrogen) atoms. The number of aliphatic hydroxyl groups excluding tert-OH is 7. The number of ether oxygens (including phenoxy) is 2. The van der Waals surface area contributed by atoms with Crippen molar-refractivity contribution in [2.45, 2.75) is 148 Å². The number of fused-ring (bicyclic) bond motifs is 2. The number of ketones is 1. The molecule has 7 N–H and O–H groups in total. The van der Waals surface area contributed by atoms with E-state index in [2.05, 4.69) is 20.8 Å². The molecule has 2 spiro atoms. The molecule has 6 rings (SSSR count). The van der Waals surface area contributed by atoms with E-state index >= 15 is 0 Å². The zero-order valence-corrected chi connectivity index (χ0v) is 28.8. The molecule has 0 radical (unpaired) electrons. The van der Waals surface area contributed by atoms with E-state index in [-0.39, 0.29) is 58.5 Å². The summed E-state index contributed by atoms with van der Waals surface area (Å²) in [7, 11) is 0. The Balaban J connectivity index is 1.26. The second-order valence-electron chi connectivity index (χ2n) is 17.4. The van der Waals surface area contributed by atoms with Crippen molar-refractivity contribution in [3.63, 3.8) is 0 Å². The van der Waals surface area contributed by atoms with Crippen LogP contribution in [0.1, 0.15) is 99.3 Å². The van der Waals surface area contributed by atoms with Crippen LogP contribution in [0.3, 0.4) is 0 Å². The van der Waals surface area contributed by atoms with E-state index in [1.807, 2.05) is 13.8 Å².